The number of para-hydroxylation sites is 1. The number of hydrogen-bond donors (Lipinski definition) is 3. The Balaban J connectivity index is 1.61. The van der Waals surface area contributed by atoms with Gasteiger partial charge in [0.1, 0.15) is 12.5 Å². The van der Waals surface area contributed by atoms with Crippen molar-refractivity contribution in [3.8, 4) is 11.5 Å². The Morgan fingerprint density at radius 1 is 1.03 bits per heavy atom. The average molecular weight is 460 g/mol. The maximum atomic E-state index is 13.2. The Bertz CT molecular complexity index is 1150. The summed E-state index contributed by atoms with van der Waals surface area (Å²) < 4.78 is 11.6. The minimum Gasteiger partial charge on any atom is -0.493 e. The summed E-state index contributed by atoms with van der Waals surface area (Å²) in [5.41, 5.74) is 3.11. The minimum atomic E-state index is -0.604. The highest BCUT2D eigenvalue weighted by Crippen LogP contribution is 2.36. The van der Waals surface area contributed by atoms with E-state index < -0.39 is 12.0 Å². The van der Waals surface area contributed by atoms with Crippen LogP contribution in [0.15, 0.2) is 91.1 Å². The van der Waals surface area contributed by atoms with E-state index in [0.29, 0.717) is 34.6 Å². The molecular weight excluding hydrogens is 434 g/mol. The first-order valence-electron chi connectivity index (χ1n) is 10.5. The summed E-state index contributed by atoms with van der Waals surface area (Å²) >= 11 is 5.35. The molecule has 1 aliphatic rings. The van der Waals surface area contributed by atoms with Crippen molar-refractivity contribution in [3.05, 3.63) is 102 Å². The van der Waals surface area contributed by atoms with Crippen LogP contribution in [0.1, 0.15) is 17.2 Å². The largest absolute Gasteiger partial charge is 0.493 e. The fourth-order valence-electron chi connectivity index (χ4n) is 3.75. The standard InChI is InChI=1S/C26H25N3O3S/c1-17-23(25(30)28-20-11-7-4-8-12-20)24(29-26(33)27-17)19-13-14-21(31-2)22(15-19)32-16-18-9-5-3-6-10-18/h3-15,23-24H,1,16H2,2H3,(H,28,30)(H2,27,29,33). The zero-order valence-corrected chi connectivity index (χ0v) is 19.0. The molecule has 2 unspecified atom stereocenters. The van der Waals surface area contributed by atoms with Gasteiger partial charge in [0.05, 0.1) is 13.2 Å². The zero-order valence-electron chi connectivity index (χ0n) is 18.2. The summed E-state index contributed by atoms with van der Waals surface area (Å²) in [6, 6.07) is 24.4. The quantitative estimate of drug-likeness (QED) is 0.450. The summed E-state index contributed by atoms with van der Waals surface area (Å²) in [5.74, 6) is 0.391. The Morgan fingerprint density at radius 2 is 1.73 bits per heavy atom. The highest BCUT2D eigenvalue weighted by Gasteiger charge is 2.37. The highest BCUT2D eigenvalue weighted by atomic mass is 32.1. The molecule has 1 heterocycles. The van der Waals surface area contributed by atoms with Crippen LogP contribution in [0.25, 0.3) is 0 Å². The Kier molecular flexibility index (Phi) is 6.90. The molecule has 3 aromatic rings. The SMILES string of the molecule is C=C1NC(=S)NC(c2ccc(OC)c(OCc3ccccc3)c2)C1C(=O)Nc1ccccc1. The maximum absolute atomic E-state index is 13.2. The molecule has 1 saturated heterocycles. The third-order valence-electron chi connectivity index (χ3n) is 5.38. The van der Waals surface area contributed by atoms with Crippen LogP contribution in [-0.4, -0.2) is 18.1 Å². The summed E-state index contributed by atoms with van der Waals surface area (Å²) in [7, 11) is 1.60. The zero-order chi connectivity index (χ0) is 23.2. The lowest BCUT2D eigenvalue weighted by Gasteiger charge is -2.35. The molecule has 0 saturated carbocycles. The lowest BCUT2D eigenvalue weighted by atomic mass is 9.88. The summed E-state index contributed by atoms with van der Waals surface area (Å²) in [5, 5.41) is 9.58. The molecule has 3 N–H and O–H groups in total. The number of thiocarbonyl (C=S) groups is 1. The summed E-state index contributed by atoms with van der Waals surface area (Å²) in [4.78, 5) is 13.2. The van der Waals surface area contributed by atoms with E-state index in [2.05, 4.69) is 22.5 Å². The number of nitrogens with one attached hydrogen (secondary N) is 3. The van der Waals surface area contributed by atoms with Crippen molar-refractivity contribution >= 4 is 28.9 Å². The van der Waals surface area contributed by atoms with Gasteiger partial charge >= 0.3 is 0 Å². The van der Waals surface area contributed by atoms with Crippen LogP contribution in [0.3, 0.4) is 0 Å². The first kappa shape index (κ1) is 22.4. The van der Waals surface area contributed by atoms with Gasteiger partial charge < -0.3 is 25.4 Å². The van der Waals surface area contributed by atoms with E-state index in [1.54, 1.807) is 7.11 Å². The van der Waals surface area contributed by atoms with Crippen LogP contribution in [0.2, 0.25) is 0 Å². The number of carbonyl (C=O) groups is 1. The predicted octanol–water partition coefficient (Wildman–Crippen LogP) is 4.56. The third-order valence-corrected chi connectivity index (χ3v) is 5.60. The van der Waals surface area contributed by atoms with Gasteiger partial charge in [-0.25, -0.2) is 0 Å². The monoisotopic (exact) mass is 459 g/mol. The number of rotatable bonds is 7. The van der Waals surface area contributed by atoms with Gasteiger partial charge in [-0.15, -0.1) is 0 Å². The van der Waals surface area contributed by atoms with E-state index in [1.165, 1.54) is 0 Å². The van der Waals surface area contributed by atoms with Gasteiger partial charge in [-0.05, 0) is 47.6 Å². The van der Waals surface area contributed by atoms with E-state index in [9.17, 15) is 4.79 Å². The number of ether oxygens (including phenoxy) is 2. The van der Waals surface area contributed by atoms with E-state index in [1.807, 2.05) is 78.9 Å². The molecule has 1 fully saturated rings. The van der Waals surface area contributed by atoms with E-state index in [-0.39, 0.29) is 5.91 Å². The fraction of sp³-hybridized carbons (Fsp3) is 0.154. The van der Waals surface area contributed by atoms with Crippen LogP contribution in [0.4, 0.5) is 5.69 Å². The number of anilines is 1. The van der Waals surface area contributed by atoms with Crippen molar-refractivity contribution in [1.82, 2.24) is 10.6 Å². The molecule has 0 radical (unpaired) electrons. The van der Waals surface area contributed by atoms with Crippen molar-refractivity contribution < 1.29 is 14.3 Å². The molecule has 4 rings (SSSR count). The van der Waals surface area contributed by atoms with Gasteiger partial charge in [-0.1, -0.05) is 61.2 Å². The second kappa shape index (κ2) is 10.2. The van der Waals surface area contributed by atoms with Crippen molar-refractivity contribution in [2.24, 2.45) is 5.92 Å². The number of carbonyl (C=O) groups excluding carboxylic acids is 1. The number of benzene rings is 3. The molecule has 6 nitrogen and oxygen atoms in total. The molecule has 168 valence electrons. The summed E-state index contributed by atoms with van der Waals surface area (Å²) in [6.07, 6.45) is 0. The first-order chi connectivity index (χ1) is 16.0. The molecule has 0 spiro atoms. The van der Waals surface area contributed by atoms with Crippen molar-refractivity contribution in [2.75, 3.05) is 12.4 Å². The third kappa shape index (κ3) is 5.32. The minimum absolute atomic E-state index is 0.193. The van der Waals surface area contributed by atoms with Crippen LogP contribution in [-0.2, 0) is 11.4 Å². The molecule has 1 aliphatic heterocycles. The van der Waals surface area contributed by atoms with E-state index >= 15 is 0 Å². The van der Waals surface area contributed by atoms with Gasteiger partial charge in [0, 0.05) is 11.4 Å². The number of amides is 1. The lowest BCUT2D eigenvalue weighted by molar-refractivity contribution is -0.119. The van der Waals surface area contributed by atoms with Crippen molar-refractivity contribution in [1.29, 1.82) is 0 Å². The molecule has 0 bridgehead atoms. The maximum Gasteiger partial charge on any atom is 0.235 e. The highest BCUT2D eigenvalue weighted by molar-refractivity contribution is 7.80. The topological polar surface area (TPSA) is 71.6 Å². The van der Waals surface area contributed by atoms with E-state index in [4.69, 9.17) is 21.7 Å². The first-order valence-corrected chi connectivity index (χ1v) is 10.9. The van der Waals surface area contributed by atoms with Crippen LogP contribution < -0.4 is 25.4 Å². The second-order valence-electron chi connectivity index (χ2n) is 7.62. The van der Waals surface area contributed by atoms with Gasteiger partial charge in [-0.3, -0.25) is 4.79 Å². The van der Waals surface area contributed by atoms with Crippen LogP contribution in [0.5, 0.6) is 11.5 Å². The molecule has 0 aromatic heterocycles. The smallest absolute Gasteiger partial charge is 0.235 e. The summed E-state index contributed by atoms with van der Waals surface area (Å²) in [6.45, 7) is 4.45. The molecule has 33 heavy (non-hydrogen) atoms. The number of hydrogen-bond acceptors (Lipinski definition) is 4. The van der Waals surface area contributed by atoms with Gasteiger partial charge in [0.15, 0.2) is 16.6 Å². The Morgan fingerprint density at radius 3 is 2.42 bits per heavy atom. The predicted molar refractivity (Wildman–Crippen MR) is 133 cm³/mol. The average Bonchev–Trinajstić information content (AvgIpc) is 2.83. The van der Waals surface area contributed by atoms with Crippen LogP contribution in [0, 0.1) is 5.92 Å². The van der Waals surface area contributed by atoms with Gasteiger partial charge in [-0.2, -0.15) is 0 Å². The van der Waals surface area contributed by atoms with E-state index in [0.717, 1.165) is 11.1 Å². The molecule has 7 heteroatoms. The number of methoxy groups -OCH3 is 1. The molecule has 2 atom stereocenters. The Hall–Kier alpha value is -3.84. The lowest BCUT2D eigenvalue weighted by Crippen LogP contribution is -2.51. The molecular formula is C26H25N3O3S. The molecule has 0 aliphatic carbocycles. The normalized spacial score (nSPS) is 17.5. The second-order valence-corrected chi connectivity index (χ2v) is 8.03. The van der Waals surface area contributed by atoms with Gasteiger partial charge in [0.2, 0.25) is 5.91 Å². The van der Waals surface area contributed by atoms with Crippen molar-refractivity contribution in [2.45, 2.75) is 12.6 Å². The van der Waals surface area contributed by atoms with Crippen molar-refractivity contribution in [3.63, 3.8) is 0 Å². The van der Waals surface area contributed by atoms with Gasteiger partial charge in [0.25, 0.3) is 0 Å². The molecule has 1 amide bonds. The Labute approximate surface area is 198 Å². The fourth-order valence-corrected chi connectivity index (χ4v) is 4.01. The molecule has 3 aromatic carbocycles. The van der Waals surface area contributed by atoms with Crippen LogP contribution >= 0.6 is 12.2 Å².